The van der Waals surface area contributed by atoms with Crippen LogP contribution in [0.2, 0.25) is 5.15 Å². The van der Waals surface area contributed by atoms with Crippen molar-refractivity contribution in [2.45, 2.75) is 25.7 Å². The average molecular weight is 196 g/mol. The SMILES string of the molecule is CC(=O)c1cc(Cl)nc(C2CC2)c1. The first kappa shape index (κ1) is 8.70. The van der Waals surface area contributed by atoms with Crippen molar-refractivity contribution in [1.29, 1.82) is 0 Å². The second-order valence-corrected chi connectivity index (χ2v) is 3.82. The van der Waals surface area contributed by atoms with Crippen molar-refractivity contribution >= 4 is 17.4 Å². The minimum atomic E-state index is 0.0474. The van der Waals surface area contributed by atoms with Crippen LogP contribution in [-0.2, 0) is 0 Å². The first-order valence-electron chi connectivity index (χ1n) is 4.35. The molecule has 0 radical (unpaired) electrons. The molecule has 1 aromatic heterocycles. The van der Waals surface area contributed by atoms with E-state index in [-0.39, 0.29) is 5.78 Å². The number of nitrogens with zero attached hydrogens (tertiary/aromatic N) is 1. The van der Waals surface area contributed by atoms with E-state index in [0.717, 1.165) is 5.69 Å². The highest BCUT2D eigenvalue weighted by Gasteiger charge is 2.25. The maximum absolute atomic E-state index is 11.1. The highest BCUT2D eigenvalue weighted by atomic mass is 35.5. The Bertz CT molecular complexity index is 358. The van der Waals surface area contributed by atoms with Crippen LogP contribution in [0.1, 0.15) is 41.7 Å². The Hall–Kier alpha value is -0.890. The van der Waals surface area contributed by atoms with Crippen molar-refractivity contribution in [3.63, 3.8) is 0 Å². The Labute approximate surface area is 81.9 Å². The van der Waals surface area contributed by atoms with E-state index in [9.17, 15) is 4.79 Å². The summed E-state index contributed by atoms with van der Waals surface area (Å²) in [5.41, 5.74) is 1.64. The van der Waals surface area contributed by atoms with E-state index >= 15 is 0 Å². The topological polar surface area (TPSA) is 30.0 Å². The molecule has 1 aromatic rings. The van der Waals surface area contributed by atoms with Gasteiger partial charge in [0.15, 0.2) is 5.78 Å². The van der Waals surface area contributed by atoms with Gasteiger partial charge in [0.25, 0.3) is 0 Å². The summed E-state index contributed by atoms with van der Waals surface area (Å²) in [5.74, 6) is 0.586. The first-order chi connectivity index (χ1) is 6.16. The van der Waals surface area contributed by atoms with Gasteiger partial charge in [-0.25, -0.2) is 4.98 Å². The Morgan fingerprint density at radius 2 is 2.23 bits per heavy atom. The van der Waals surface area contributed by atoms with Crippen LogP contribution < -0.4 is 0 Å². The lowest BCUT2D eigenvalue weighted by molar-refractivity contribution is 0.101. The molecule has 0 aliphatic heterocycles. The molecule has 68 valence electrons. The van der Waals surface area contributed by atoms with E-state index in [2.05, 4.69) is 4.98 Å². The van der Waals surface area contributed by atoms with Gasteiger partial charge in [-0.15, -0.1) is 0 Å². The van der Waals surface area contributed by atoms with Crippen molar-refractivity contribution in [1.82, 2.24) is 4.98 Å². The van der Waals surface area contributed by atoms with Gasteiger partial charge >= 0.3 is 0 Å². The number of carbonyl (C=O) groups excluding carboxylic acids is 1. The fourth-order valence-corrected chi connectivity index (χ4v) is 1.52. The zero-order chi connectivity index (χ0) is 9.42. The quantitative estimate of drug-likeness (QED) is 0.537. The first-order valence-corrected chi connectivity index (χ1v) is 4.73. The molecule has 2 nitrogen and oxygen atoms in total. The van der Waals surface area contributed by atoms with Gasteiger partial charge in [-0.05, 0) is 31.9 Å². The molecule has 0 spiro atoms. The standard InChI is InChI=1S/C10H10ClNO/c1-6(13)8-4-9(7-2-3-7)12-10(11)5-8/h4-5,7H,2-3H2,1H3. The number of halogens is 1. The summed E-state index contributed by atoms with van der Waals surface area (Å²) in [6.07, 6.45) is 2.34. The molecule has 1 saturated carbocycles. The minimum absolute atomic E-state index is 0.0474. The number of pyridine rings is 1. The van der Waals surface area contributed by atoms with Crippen molar-refractivity contribution in [3.05, 3.63) is 28.5 Å². The van der Waals surface area contributed by atoms with Crippen LogP contribution in [0.4, 0.5) is 0 Å². The number of ketones is 1. The second-order valence-electron chi connectivity index (χ2n) is 3.43. The molecule has 0 atom stereocenters. The number of carbonyl (C=O) groups is 1. The van der Waals surface area contributed by atoms with Crippen LogP contribution in [0.5, 0.6) is 0 Å². The normalized spacial score (nSPS) is 15.8. The lowest BCUT2D eigenvalue weighted by Gasteiger charge is -2.01. The summed E-state index contributed by atoms with van der Waals surface area (Å²) in [7, 11) is 0. The summed E-state index contributed by atoms with van der Waals surface area (Å²) >= 11 is 5.80. The molecule has 2 rings (SSSR count). The molecule has 13 heavy (non-hydrogen) atoms. The van der Waals surface area contributed by atoms with Crippen LogP contribution in [0.15, 0.2) is 12.1 Å². The summed E-state index contributed by atoms with van der Waals surface area (Å²) in [6, 6.07) is 3.47. The summed E-state index contributed by atoms with van der Waals surface area (Å²) in [5, 5.41) is 0.426. The number of hydrogen-bond donors (Lipinski definition) is 0. The molecule has 1 fully saturated rings. The summed E-state index contributed by atoms with van der Waals surface area (Å²) < 4.78 is 0. The fourth-order valence-electron chi connectivity index (χ4n) is 1.31. The minimum Gasteiger partial charge on any atom is -0.295 e. The maximum Gasteiger partial charge on any atom is 0.159 e. The largest absolute Gasteiger partial charge is 0.295 e. The van der Waals surface area contributed by atoms with Gasteiger partial charge in [0, 0.05) is 17.2 Å². The van der Waals surface area contributed by atoms with Gasteiger partial charge in [0.05, 0.1) is 0 Å². The van der Waals surface area contributed by atoms with Crippen molar-refractivity contribution < 1.29 is 4.79 Å². The van der Waals surface area contributed by atoms with Gasteiger partial charge in [-0.3, -0.25) is 4.79 Å². The van der Waals surface area contributed by atoms with Crippen molar-refractivity contribution in [3.8, 4) is 0 Å². The third-order valence-corrected chi connectivity index (χ3v) is 2.41. The van der Waals surface area contributed by atoms with Crippen LogP contribution in [0.25, 0.3) is 0 Å². The highest BCUT2D eigenvalue weighted by Crippen LogP contribution is 2.39. The zero-order valence-corrected chi connectivity index (χ0v) is 8.14. The van der Waals surface area contributed by atoms with E-state index in [1.807, 2.05) is 6.07 Å². The molecule has 1 heterocycles. The molecule has 0 N–H and O–H groups in total. The maximum atomic E-state index is 11.1. The Morgan fingerprint density at radius 3 is 2.77 bits per heavy atom. The van der Waals surface area contributed by atoms with Crippen LogP contribution in [0, 0.1) is 0 Å². The van der Waals surface area contributed by atoms with Gasteiger partial charge in [-0.1, -0.05) is 11.6 Å². The molecule has 0 bridgehead atoms. The molecule has 0 aromatic carbocycles. The summed E-state index contributed by atoms with van der Waals surface area (Å²) in [6.45, 7) is 1.54. The van der Waals surface area contributed by atoms with Crippen molar-refractivity contribution in [2.75, 3.05) is 0 Å². The van der Waals surface area contributed by atoms with Gasteiger partial charge in [0.1, 0.15) is 5.15 Å². The predicted molar refractivity (Wildman–Crippen MR) is 51.2 cm³/mol. The molecule has 0 amide bonds. The van der Waals surface area contributed by atoms with Gasteiger partial charge in [0.2, 0.25) is 0 Å². The van der Waals surface area contributed by atoms with Gasteiger partial charge < -0.3 is 0 Å². The number of Topliss-reactive ketones (excluding diaryl/α,β-unsaturated/α-hetero) is 1. The molecule has 1 aliphatic carbocycles. The van der Waals surface area contributed by atoms with Crippen molar-refractivity contribution in [2.24, 2.45) is 0 Å². The van der Waals surface area contributed by atoms with E-state index < -0.39 is 0 Å². The zero-order valence-electron chi connectivity index (χ0n) is 7.38. The Morgan fingerprint density at radius 1 is 1.54 bits per heavy atom. The van der Waals surface area contributed by atoms with E-state index in [4.69, 9.17) is 11.6 Å². The van der Waals surface area contributed by atoms with E-state index in [1.54, 1.807) is 13.0 Å². The highest BCUT2D eigenvalue weighted by molar-refractivity contribution is 6.29. The summed E-state index contributed by atoms with van der Waals surface area (Å²) in [4.78, 5) is 15.3. The molecular formula is C10H10ClNO. The smallest absolute Gasteiger partial charge is 0.159 e. The van der Waals surface area contributed by atoms with E-state index in [0.29, 0.717) is 16.6 Å². The monoisotopic (exact) mass is 195 g/mol. The Kier molecular flexibility index (Phi) is 2.08. The number of hydrogen-bond acceptors (Lipinski definition) is 2. The number of aromatic nitrogens is 1. The number of rotatable bonds is 2. The van der Waals surface area contributed by atoms with Crippen LogP contribution in [0.3, 0.4) is 0 Å². The Balaban J connectivity index is 2.41. The third-order valence-electron chi connectivity index (χ3n) is 2.22. The van der Waals surface area contributed by atoms with Gasteiger partial charge in [-0.2, -0.15) is 0 Å². The molecule has 0 unspecified atom stereocenters. The molecular weight excluding hydrogens is 186 g/mol. The predicted octanol–water partition coefficient (Wildman–Crippen LogP) is 2.82. The average Bonchev–Trinajstić information content (AvgIpc) is 2.85. The fraction of sp³-hybridized carbons (Fsp3) is 0.400. The third kappa shape index (κ3) is 1.89. The second kappa shape index (κ2) is 3.11. The lowest BCUT2D eigenvalue weighted by Crippen LogP contribution is -1.96. The molecule has 0 saturated heterocycles. The molecule has 1 aliphatic rings. The molecule has 3 heteroatoms. The lowest BCUT2D eigenvalue weighted by atomic mass is 10.1. The van der Waals surface area contributed by atoms with Crippen LogP contribution in [-0.4, -0.2) is 10.8 Å². The van der Waals surface area contributed by atoms with E-state index in [1.165, 1.54) is 12.8 Å². The van der Waals surface area contributed by atoms with Crippen LogP contribution >= 0.6 is 11.6 Å².